The van der Waals surface area contributed by atoms with E-state index < -0.39 is 12.0 Å². The average molecular weight is 476 g/mol. The molecule has 1 atom stereocenters. The highest BCUT2D eigenvalue weighted by Crippen LogP contribution is 2.28. The Labute approximate surface area is 201 Å². The number of nitrogens with zero attached hydrogens (tertiary/aromatic N) is 2. The van der Waals surface area contributed by atoms with Crippen molar-refractivity contribution in [2.45, 2.75) is 40.3 Å². The minimum absolute atomic E-state index is 0.120. The van der Waals surface area contributed by atoms with Crippen LogP contribution in [0.2, 0.25) is 0 Å². The minimum atomic E-state index is -0.861. The Hall–Kier alpha value is -3.78. The van der Waals surface area contributed by atoms with Gasteiger partial charge in [0, 0.05) is 5.69 Å². The lowest BCUT2D eigenvalue weighted by molar-refractivity contribution is -0.148. The highest BCUT2D eigenvalue weighted by atomic mass is 32.1. The van der Waals surface area contributed by atoms with Crippen LogP contribution >= 0.6 is 11.3 Å². The van der Waals surface area contributed by atoms with Crippen LogP contribution in [0.4, 0.5) is 5.69 Å². The molecule has 2 heterocycles. The number of benzene rings is 2. The number of aromatic nitrogens is 2. The van der Waals surface area contributed by atoms with Crippen LogP contribution in [-0.4, -0.2) is 21.4 Å². The number of rotatable bonds is 6. The van der Waals surface area contributed by atoms with E-state index in [1.807, 2.05) is 62.4 Å². The Morgan fingerprint density at radius 1 is 1.12 bits per heavy atom. The second-order valence-corrected chi connectivity index (χ2v) is 9.23. The highest BCUT2D eigenvalue weighted by Gasteiger charge is 2.24. The molecule has 7 nitrogen and oxygen atoms in total. The van der Waals surface area contributed by atoms with Gasteiger partial charge in [0.15, 0.2) is 0 Å². The first kappa shape index (κ1) is 23.4. The van der Waals surface area contributed by atoms with Crippen molar-refractivity contribution >= 4 is 39.1 Å². The molecule has 0 saturated heterocycles. The van der Waals surface area contributed by atoms with Gasteiger partial charge in [-0.25, -0.2) is 9.78 Å². The summed E-state index contributed by atoms with van der Waals surface area (Å²) in [5.41, 5.74) is 3.79. The van der Waals surface area contributed by atoms with Crippen molar-refractivity contribution in [3.8, 4) is 0 Å². The molecule has 1 amide bonds. The van der Waals surface area contributed by atoms with Gasteiger partial charge >= 0.3 is 5.97 Å². The molecule has 2 aromatic carbocycles. The van der Waals surface area contributed by atoms with E-state index in [9.17, 15) is 14.4 Å². The third kappa shape index (κ3) is 4.63. The first-order valence-corrected chi connectivity index (χ1v) is 11.7. The molecule has 34 heavy (non-hydrogen) atoms. The molecule has 0 bridgehead atoms. The lowest BCUT2D eigenvalue weighted by Gasteiger charge is -2.14. The number of carbonyl (C=O) groups is 2. The predicted octanol–water partition coefficient (Wildman–Crippen LogP) is 4.94. The van der Waals surface area contributed by atoms with Crippen LogP contribution in [0, 0.1) is 20.8 Å². The van der Waals surface area contributed by atoms with Crippen LogP contribution in [0.3, 0.4) is 0 Å². The van der Waals surface area contributed by atoms with E-state index in [-0.39, 0.29) is 18.1 Å². The second kappa shape index (κ2) is 9.61. The molecule has 0 aliphatic carbocycles. The van der Waals surface area contributed by atoms with Gasteiger partial charge in [-0.15, -0.1) is 11.3 Å². The Bertz CT molecular complexity index is 1440. The fourth-order valence-corrected chi connectivity index (χ4v) is 4.76. The summed E-state index contributed by atoms with van der Waals surface area (Å²) in [4.78, 5) is 44.0. The smallest absolute Gasteiger partial charge is 0.329 e. The summed E-state index contributed by atoms with van der Waals surface area (Å²) in [5.74, 6) is -0.832. The molecular formula is C26H25N3O4S. The Balaban J connectivity index is 1.58. The zero-order valence-electron chi connectivity index (χ0n) is 19.4. The fraction of sp³-hybridized carbons (Fsp3) is 0.231. The number of thiophene rings is 1. The number of anilines is 1. The Morgan fingerprint density at radius 2 is 1.85 bits per heavy atom. The summed E-state index contributed by atoms with van der Waals surface area (Å²) in [6.45, 7) is 7.36. The quantitative estimate of drug-likeness (QED) is 0.399. The predicted molar refractivity (Wildman–Crippen MR) is 133 cm³/mol. The molecule has 0 fully saturated rings. The van der Waals surface area contributed by atoms with Gasteiger partial charge in [-0.2, -0.15) is 0 Å². The van der Waals surface area contributed by atoms with Crippen LogP contribution in [0.1, 0.15) is 44.9 Å². The maximum atomic E-state index is 13.2. The normalized spacial score (nSPS) is 11.9. The molecule has 2 aromatic heterocycles. The van der Waals surface area contributed by atoms with Crippen LogP contribution in [-0.2, 0) is 16.1 Å². The summed E-state index contributed by atoms with van der Waals surface area (Å²) >= 11 is 1.16. The van der Waals surface area contributed by atoms with Gasteiger partial charge in [0.1, 0.15) is 17.5 Å². The monoisotopic (exact) mass is 475 g/mol. The molecule has 1 N–H and O–H groups in total. The number of amides is 1. The lowest BCUT2D eigenvalue weighted by atomic mass is 10.1. The fourth-order valence-electron chi connectivity index (χ4n) is 3.73. The first-order valence-electron chi connectivity index (χ1n) is 10.9. The van der Waals surface area contributed by atoms with E-state index in [2.05, 4.69) is 10.3 Å². The highest BCUT2D eigenvalue weighted by molar-refractivity contribution is 7.20. The second-order valence-electron chi connectivity index (χ2n) is 8.24. The summed E-state index contributed by atoms with van der Waals surface area (Å²) in [6.07, 6.45) is 1.33. The topological polar surface area (TPSA) is 90.3 Å². The van der Waals surface area contributed by atoms with Crippen molar-refractivity contribution in [2.24, 2.45) is 0 Å². The maximum Gasteiger partial charge on any atom is 0.329 e. The van der Waals surface area contributed by atoms with Crippen molar-refractivity contribution in [3.05, 3.63) is 92.3 Å². The van der Waals surface area contributed by atoms with E-state index in [0.29, 0.717) is 26.3 Å². The molecule has 4 rings (SSSR count). The number of nitrogens with one attached hydrogen (secondary N) is 1. The largest absolute Gasteiger partial charge is 0.459 e. The van der Waals surface area contributed by atoms with Crippen molar-refractivity contribution in [2.75, 3.05) is 5.32 Å². The van der Waals surface area contributed by atoms with Gasteiger partial charge in [-0.1, -0.05) is 48.0 Å². The number of ether oxygens (including phenoxy) is 1. The van der Waals surface area contributed by atoms with E-state index in [4.69, 9.17) is 4.74 Å². The maximum absolute atomic E-state index is 13.2. The van der Waals surface area contributed by atoms with Crippen LogP contribution in [0.25, 0.3) is 10.2 Å². The van der Waals surface area contributed by atoms with E-state index >= 15 is 0 Å². The zero-order valence-corrected chi connectivity index (χ0v) is 20.2. The molecule has 0 saturated carbocycles. The molecule has 0 spiro atoms. The van der Waals surface area contributed by atoms with Crippen LogP contribution in [0.5, 0.6) is 0 Å². The van der Waals surface area contributed by atoms with E-state index in [1.165, 1.54) is 10.9 Å². The summed E-state index contributed by atoms with van der Waals surface area (Å²) in [6, 6.07) is 14.2. The van der Waals surface area contributed by atoms with E-state index in [0.717, 1.165) is 28.0 Å². The van der Waals surface area contributed by atoms with E-state index in [1.54, 1.807) is 13.8 Å². The van der Waals surface area contributed by atoms with Crippen molar-refractivity contribution in [1.82, 2.24) is 9.55 Å². The van der Waals surface area contributed by atoms with Gasteiger partial charge in [0.05, 0.1) is 16.6 Å². The van der Waals surface area contributed by atoms with Gasteiger partial charge in [-0.05, 0) is 50.5 Å². The van der Waals surface area contributed by atoms with Crippen molar-refractivity contribution < 1.29 is 14.3 Å². The third-order valence-electron chi connectivity index (χ3n) is 5.69. The van der Waals surface area contributed by atoms with Crippen LogP contribution in [0.15, 0.2) is 59.7 Å². The standard InChI is InChI=1S/C26H25N3O4S/c1-15-10-11-20(16(2)12-15)28-23(30)22-17(3)21-24(34-22)27-14-29(25(21)31)18(4)26(32)33-13-19-8-6-5-7-9-19/h5-12,14,18H,13H2,1-4H3,(H,28,30). The molecule has 174 valence electrons. The number of hydrogen-bond donors (Lipinski definition) is 1. The lowest BCUT2D eigenvalue weighted by Crippen LogP contribution is -2.29. The molecule has 0 radical (unpaired) electrons. The number of hydrogen-bond acceptors (Lipinski definition) is 6. The molecule has 0 aliphatic rings. The summed E-state index contributed by atoms with van der Waals surface area (Å²) < 4.78 is 6.63. The Kier molecular flexibility index (Phi) is 6.61. The van der Waals surface area contributed by atoms with Gasteiger partial charge in [0.2, 0.25) is 0 Å². The van der Waals surface area contributed by atoms with Gasteiger partial charge in [-0.3, -0.25) is 14.2 Å². The Morgan fingerprint density at radius 3 is 2.56 bits per heavy atom. The SMILES string of the molecule is Cc1ccc(NC(=O)c2sc3ncn(C(C)C(=O)OCc4ccccc4)c(=O)c3c2C)c(C)c1. The number of carbonyl (C=O) groups excluding carboxylic acids is 2. The van der Waals surface area contributed by atoms with Crippen molar-refractivity contribution in [1.29, 1.82) is 0 Å². The van der Waals surface area contributed by atoms with Gasteiger partial charge in [0.25, 0.3) is 11.5 Å². The first-order chi connectivity index (χ1) is 16.3. The summed E-state index contributed by atoms with van der Waals surface area (Å²) in [7, 11) is 0. The minimum Gasteiger partial charge on any atom is -0.459 e. The number of fused-ring (bicyclic) bond motifs is 1. The zero-order chi connectivity index (χ0) is 24.4. The molecule has 0 aliphatic heterocycles. The average Bonchev–Trinajstić information content (AvgIpc) is 3.17. The van der Waals surface area contributed by atoms with Gasteiger partial charge < -0.3 is 10.1 Å². The number of aryl methyl sites for hydroxylation is 3. The summed E-state index contributed by atoms with van der Waals surface area (Å²) in [5, 5.41) is 3.26. The molecule has 4 aromatic rings. The third-order valence-corrected chi connectivity index (χ3v) is 6.89. The molecule has 1 unspecified atom stereocenters. The molecule has 8 heteroatoms. The number of esters is 1. The molecular weight excluding hydrogens is 450 g/mol. The van der Waals surface area contributed by atoms with Crippen molar-refractivity contribution in [3.63, 3.8) is 0 Å². The van der Waals surface area contributed by atoms with Crippen LogP contribution < -0.4 is 10.9 Å².